The number of hydrogen-bond acceptors (Lipinski definition) is 3. The van der Waals surface area contributed by atoms with Crippen molar-refractivity contribution in [3.05, 3.63) is 30.5 Å². The largest absolute Gasteiger partial charge is 0.491 e. The third kappa shape index (κ3) is 2.18. The van der Waals surface area contributed by atoms with Crippen LogP contribution in [0.3, 0.4) is 0 Å². The van der Waals surface area contributed by atoms with Gasteiger partial charge >= 0.3 is 0 Å². The van der Waals surface area contributed by atoms with E-state index >= 15 is 0 Å². The van der Waals surface area contributed by atoms with Crippen LogP contribution in [0.1, 0.15) is 13.8 Å². The summed E-state index contributed by atoms with van der Waals surface area (Å²) in [6.07, 6.45) is 1.95. The minimum absolute atomic E-state index is 0.182. The van der Waals surface area contributed by atoms with Gasteiger partial charge in [-0.15, -0.1) is 0 Å². The highest BCUT2D eigenvalue weighted by atomic mass is 16.5. The van der Waals surface area contributed by atoms with Gasteiger partial charge in [-0.25, -0.2) is 4.98 Å². The third-order valence-electron chi connectivity index (χ3n) is 2.09. The van der Waals surface area contributed by atoms with Gasteiger partial charge in [0.15, 0.2) is 0 Å². The van der Waals surface area contributed by atoms with Crippen LogP contribution in [0.5, 0.6) is 5.75 Å². The van der Waals surface area contributed by atoms with E-state index < -0.39 is 0 Å². The first-order chi connectivity index (χ1) is 7.15. The molecule has 0 bridgehead atoms. The van der Waals surface area contributed by atoms with Crippen molar-refractivity contribution in [3.63, 3.8) is 0 Å². The molecule has 0 fully saturated rings. The minimum atomic E-state index is 0.182. The molecule has 2 aromatic rings. The summed E-state index contributed by atoms with van der Waals surface area (Å²) in [5.74, 6) is 1.40. The number of benzene rings is 1. The van der Waals surface area contributed by atoms with Crippen molar-refractivity contribution in [1.29, 1.82) is 0 Å². The van der Waals surface area contributed by atoms with Gasteiger partial charge in [-0.05, 0) is 43.5 Å². The van der Waals surface area contributed by atoms with Crippen molar-refractivity contribution in [3.8, 4) is 5.75 Å². The molecular weight excluding hydrogens is 188 g/mol. The Morgan fingerprint density at radius 3 is 2.73 bits per heavy atom. The summed E-state index contributed by atoms with van der Waals surface area (Å²) < 4.78 is 5.60. The second-order valence-corrected chi connectivity index (χ2v) is 3.78. The molecule has 0 spiro atoms. The molecule has 0 amide bonds. The number of nitrogens with two attached hydrogens (primary N) is 1. The molecular formula is C12H14N2O. The Labute approximate surface area is 88.9 Å². The van der Waals surface area contributed by atoms with E-state index in [0.717, 1.165) is 16.5 Å². The van der Waals surface area contributed by atoms with Gasteiger partial charge in [0.05, 0.1) is 6.10 Å². The van der Waals surface area contributed by atoms with Crippen molar-refractivity contribution in [1.82, 2.24) is 4.98 Å². The standard InChI is InChI=1S/C12H14N2O/c1-8(2)15-11-4-3-9-7-14-12(13)6-10(9)5-11/h3-8H,1-2H3,(H2,13,14). The normalized spacial score (nSPS) is 10.9. The second kappa shape index (κ2) is 3.77. The van der Waals surface area contributed by atoms with E-state index in [1.54, 1.807) is 6.20 Å². The van der Waals surface area contributed by atoms with E-state index in [4.69, 9.17) is 10.5 Å². The van der Waals surface area contributed by atoms with Crippen LogP contribution in [0.15, 0.2) is 30.5 Å². The molecule has 2 rings (SSSR count). The summed E-state index contributed by atoms with van der Waals surface area (Å²) in [5.41, 5.74) is 5.62. The van der Waals surface area contributed by atoms with Gasteiger partial charge in [0.2, 0.25) is 0 Å². The van der Waals surface area contributed by atoms with Crippen LogP contribution in [-0.2, 0) is 0 Å². The Hall–Kier alpha value is -1.77. The monoisotopic (exact) mass is 202 g/mol. The zero-order valence-corrected chi connectivity index (χ0v) is 8.90. The molecule has 0 saturated heterocycles. The molecule has 3 heteroatoms. The maximum Gasteiger partial charge on any atom is 0.123 e. The van der Waals surface area contributed by atoms with Crippen molar-refractivity contribution in [2.45, 2.75) is 20.0 Å². The Bertz CT molecular complexity index is 480. The van der Waals surface area contributed by atoms with Crippen LogP contribution in [0, 0.1) is 0 Å². The zero-order chi connectivity index (χ0) is 10.8. The SMILES string of the molecule is CC(C)Oc1ccc2cnc(N)cc2c1. The Morgan fingerprint density at radius 2 is 2.00 bits per heavy atom. The molecule has 15 heavy (non-hydrogen) atoms. The Morgan fingerprint density at radius 1 is 1.20 bits per heavy atom. The fourth-order valence-electron chi connectivity index (χ4n) is 1.48. The molecule has 78 valence electrons. The van der Waals surface area contributed by atoms with E-state index in [1.165, 1.54) is 0 Å². The average Bonchev–Trinajstić information content (AvgIpc) is 2.16. The van der Waals surface area contributed by atoms with E-state index in [2.05, 4.69) is 4.98 Å². The van der Waals surface area contributed by atoms with Gasteiger partial charge in [0.1, 0.15) is 11.6 Å². The van der Waals surface area contributed by atoms with Crippen LogP contribution >= 0.6 is 0 Å². The molecule has 1 aromatic carbocycles. The first kappa shape index (κ1) is 9.77. The van der Waals surface area contributed by atoms with E-state index in [0.29, 0.717) is 5.82 Å². The molecule has 1 heterocycles. The summed E-state index contributed by atoms with van der Waals surface area (Å²) in [6.45, 7) is 4.01. The lowest BCUT2D eigenvalue weighted by atomic mass is 10.1. The quantitative estimate of drug-likeness (QED) is 0.814. The van der Waals surface area contributed by atoms with Gasteiger partial charge in [-0.3, -0.25) is 0 Å². The molecule has 2 N–H and O–H groups in total. The lowest BCUT2D eigenvalue weighted by Gasteiger charge is -2.10. The number of pyridine rings is 1. The summed E-state index contributed by atoms with van der Waals surface area (Å²) >= 11 is 0. The van der Waals surface area contributed by atoms with Gasteiger partial charge in [-0.1, -0.05) is 0 Å². The van der Waals surface area contributed by atoms with Crippen LogP contribution < -0.4 is 10.5 Å². The number of fused-ring (bicyclic) bond motifs is 1. The molecule has 0 unspecified atom stereocenters. The number of nitrogens with zero attached hydrogens (tertiary/aromatic N) is 1. The molecule has 1 aromatic heterocycles. The van der Waals surface area contributed by atoms with Crippen molar-refractivity contribution in [2.75, 3.05) is 5.73 Å². The zero-order valence-electron chi connectivity index (χ0n) is 8.90. The van der Waals surface area contributed by atoms with Crippen LogP contribution in [-0.4, -0.2) is 11.1 Å². The van der Waals surface area contributed by atoms with Crippen molar-refractivity contribution < 1.29 is 4.74 Å². The highest BCUT2D eigenvalue weighted by Crippen LogP contribution is 2.22. The van der Waals surface area contributed by atoms with Gasteiger partial charge in [0.25, 0.3) is 0 Å². The lowest BCUT2D eigenvalue weighted by Crippen LogP contribution is -2.05. The molecule has 0 saturated carbocycles. The Balaban J connectivity index is 2.45. The summed E-state index contributed by atoms with van der Waals surface area (Å²) in [6, 6.07) is 7.76. The highest BCUT2D eigenvalue weighted by Gasteiger charge is 2.00. The van der Waals surface area contributed by atoms with Crippen LogP contribution in [0.2, 0.25) is 0 Å². The molecule has 0 aliphatic carbocycles. The van der Waals surface area contributed by atoms with Crippen molar-refractivity contribution in [2.24, 2.45) is 0 Å². The summed E-state index contributed by atoms with van der Waals surface area (Å²) in [5, 5.41) is 2.13. The number of rotatable bonds is 2. The second-order valence-electron chi connectivity index (χ2n) is 3.78. The van der Waals surface area contributed by atoms with Gasteiger partial charge < -0.3 is 10.5 Å². The fraction of sp³-hybridized carbons (Fsp3) is 0.250. The predicted octanol–water partition coefficient (Wildman–Crippen LogP) is 2.60. The minimum Gasteiger partial charge on any atom is -0.491 e. The topological polar surface area (TPSA) is 48.1 Å². The maximum atomic E-state index is 5.62. The van der Waals surface area contributed by atoms with Crippen molar-refractivity contribution >= 4 is 16.6 Å². The molecule has 3 nitrogen and oxygen atoms in total. The summed E-state index contributed by atoms with van der Waals surface area (Å²) in [4.78, 5) is 4.03. The fourth-order valence-corrected chi connectivity index (χ4v) is 1.48. The first-order valence-electron chi connectivity index (χ1n) is 4.97. The molecule has 0 aliphatic heterocycles. The number of anilines is 1. The van der Waals surface area contributed by atoms with E-state index in [9.17, 15) is 0 Å². The number of ether oxygens (including phenoxy) is 1. The van der Waals surface area contributed by atoms with Gasteiger partial charge in [-0.2, -0.15) is 0 Å². The smallest absolute Gasteiger partial charge is 0.123 e. The number of nitrogen functional groups attached to an aromatic ring is 1. The van der Waals surface area contributed by atoms with E-state index in [1.807, 2.05) is 38.1 Å². The van der Waals surface area contributed by atoms with Crippen LogP contribution in [0.4, 0.5) is 5.82 Å². The summed E-state index contributed by atoms with van der Waals surface area (Å²) in [7, 11) is 0. The third-order valence-corrected chi connectivity index (χ3v) is 2.09. The number of hydrogen-bond donors (Lipinski definition) is 1. The average molecular weight is 202 g/mol. The highest BCUT2D eigenvalue weighted by molar-refractivity contribution is 5.84. The Kier molecular flexibility index (Phi) is 2.46. The van der Waals surface area contributed by atoms with Crippen LogP contribution in [0.25, 0.3) is 10.8 Å². The molecule has 0 radical (unpaired) electrons. The van der Waals surface area contributed by atoms with E-state index in [-0.39, 0.29) is 6.10 Å². The predicted molar refractivity (Wildman–Crippen MR) is 61.9 cm³/mol. The van der Waals surface area contributed by atoms with Gasteiger partial charge in [0, 0.05) is 11.6 Å². The first-order valence-corrected chi connectivity index (χ1v) is 4.97. The maximum absolute atomic E-state index is 5.62. The lowest BCUT2D eigenvalue weighted by molar-refractivity contribution is 0.243. The molecule has 0 atom stereocenters. The number of aromatic nitrogens is 1. The molecule has 0 aliphatic rings.